The van der Waals surface area contributed by atoms with Gasteiger partial charge in [-0.1, -0.05) is 12.1 Å². The Balaban J connectivity index is 1.85. The van der Waals surface area contributed by atoms with Crippen molar-refractivity contribution in [1.29, 1.82) is 0 Å². The molecule has 0 amide bonds. The standard InChI is InChI=1S/C23H20N2O5/c1-4-29-22(27)16-13-14-9-11-19(26)15(21(14)30-23(16)28)10-12-20-24(2)17-7-5-6-8-18(17)25(20)3/h5-13H,4H2,1-3H3/p+1. The van der Waals surface area contributed by atoms with E-state index in [4.69, 9.17) is 9.15 Å². The molecule has 0 radical (unpaired) electrons. The van der Waals surface area contributed by atoms with Gasteiger partial charge >= 0.3 is 11.6 Å². The Hall–Kier alpha value is -3.87. The van der Waals surface area contributed by atoms with Gasteiger partial charge in [-0.15, -0.1) is 0 Å². The molecule has 0 unspecified atom stereocenters. The molecule has 2 aromatic carbocycles. The molecule has 2 heterocycles. The maximum absolute atomic E-state index is 12.3. The molecule has 1 N–H and O–H groups in total. The fourth-order valence-electron chi connectivity index (χ4n) is 3.59. The summed E-state index contributed by atoms with van der Waals surface area (Å²) in [5, 5.41) is 10.9. The Kier molecular flexibility index (Phi) is 4.87. The molecule has 0 aliphatic rings. The van der Waals surface area contributed by atoms with E-state index < -0.39 is 11.6 Å². The number of hydrogen-bond acceptors (Lipinski definition) is 5. The average molecular weight is 405 g/mol. The van der Waals surface area contributed by atoms with E-state index >= 15 is 0 Å². The Morgan fingerprint density at radius 3 is 2.73 bits per heavy atom. The highest BCUT2D eigenvalue weighted by Gasteiger charge is 2.19. The van der Waals surface area contributed by atoms with E-state index in [9.17, 15) is 14.7 Å². The van der Waals surface area contributed by atoms with Crippen molar-refractivity contribution in [2.75, 3.05) is 6.61 Å². The fourth-order valence-corrected chi connectivity index (χ4v) is 3.59. The number of imidazole rings is 1. The number of esters is 1. The summed E-state index contributed by atoms with van der Waals surface area (Å²) in [5.41, 5.74) is 1.69. The summed E-state index contributed by atoms with van der Waals surface area (Å²) >= 11 is 0. The summed E-state index contributed by atoms with van der Waals surface area (Å²) in [6.45, 7) is 1.82. The largest absolute Gasteiger partial charge is 0.507 e. The number of aromatic hydroxyl groups is 1. The van der Waals surface area contributed by atoms with Crippen LogP contribution in [0, 0.1) is 0 Å². The third-order valence-corrected chi connectivity index (χ3v) is 5.10. The Morgan fingerprint density at radius 2 is 2.00 bits per heavy atom. The van der Waals surface area contributed by atoms with Crippen LogP contribution in [0.4, 0.5) is 0 Å². The van der Waals surface area contributed by atoms with E-state index in [-0.39, 0.29) is 23.5 Å². The first-order valence-corrected chi connectivity index (χ1v) is 9.50. The van der Waals surface area contributed by atoms with Gasteiger partial charge in [0.05, 0.1) is 26.3 Å². The lowest BCUT2D eigenvalue weighted by Gasteiger charge is -2.06. The maximum atomic E-state index is 12.3. The van der Waals surface area contributed by atoms with Gasteiger partial charge in [-0.2, -0.15) is 0 Å². The zero-order valence-corrected chi connectivity index (χ0v) is 16.9. The van der Waals surface area contributed by atoms with Crippen molar-refractivity contribution in [3.63, 3.8) is 0 Å². The van der Waals surface area contributed by atoms with Crippen molar-refractivity contribution >= 4 is 40.1 Å². The summed E-state index contributed by atoms with van der Waals surface area (Å²) in [7, 11) is 3.91. The van der Waals surface area contributed by atoms with Gasteiger partial charge in [-0.3, -0.25) is 0 Å². The van der Waals surface area contributed by atoms with Crippen molar-refractivity contribution in [2.45, 2.75) is 6.92 Å². The number of hydrogen-bond donors (Lipinski definition) is 1. The van der Waals surface area contributed by atoms with Gasteiger partial charge in [0, 0.05) is 11.5 Å². The molecule has 0 atom stereocenters. The van der Waals surface area contributed by atoms with E-state index in [2.05, 4.69) is 0 Å². The second-order valence-electron chi connectivity index (χ2n) is 6.88. The number of rotatable bonds is 4. The first-order chi connectivity index (χ1) is 14.4. The molecule has 2 aromatic heterocycles. The van der Waals surface area contributed by atoms with Crippen molar-refractivity contribution in [3.05, 3.63) is 69.8 Å². The molecule has 152 valence electrons. The van der Waals surface area contributed by atoms with Crippen molar-refractivity contribution in [1.82, 2.24) is 4.57 Å². The highest BCUT2D eigenvalue weighted by molar-refractivity contribution is 5.96. The summed E-state index contributed by atoms with van der Waals surface area (Å²) < 4.78 is 14.4. The third-order valence-electron chi connectivity index (χ3n) is 5.10. The summed E-state index contributed by atoms with van der Waals surface area (Å²) in [4.78, 5) is 24.3. The molecule has 0 saturated heterocycles. The molecule has 4 rings (SSSR count). The van der Waals surface area contributed by atoms with Crippen molar-refractivity contribution < 1.29 is 23.6 Å². The Labute approximate surface area is 172 Å². The summed E-state index contributed by atoms with van der Waals surface area (Å²) in [6, 6.07) is 12.5. The minimum Gasteiger partial charge on any atom is -0.507 e. The van der Waals surface area contributed by atoms with Gasteiger partial charge in [0.15, 0.2) is 11.0 Å². The highest BCUT2D eigenvalue weighted by Crippen LogP contribution is 2.29. The highest BCUT2D eigenvalue weighted by atomic mass is 16.5. The maximum Gasteiger partial charge on any atom is 0.351 e. The van der Waals surface area contributed by atoms with Crippen molar-refractivity contribution in [2.24, 2.45) is 14.1 Å². The van der Waals surface area contributed by atoms with Crippen LogP contribution in [0.5, 0.6) is 5.75 Å². The van der Waals surface area contributed by atoms with Gasteiger partial charge < -0.3 is 14.3 Å². The monoisotopic (exact) mass is 405 g/mol. The lowest BCUT2D eigenvalue weighted by Crippen LogP contribution is -2.30. The van der Waals surface area contributed by atoms with Crippen LogP contribution in [0.25, 0.3) is 34.2 Å². The van der Waals surface area contributed by atoms with Crippen LogP contribution < -0.4 is 10.2 Å². The average Bonchev–Trinajstić information content (AvgIpc) is 2.98. The normalized spacial score (nSPS) is 11.6. The molecule has 0 aliphatic heterocycles. The minimum absolute atomic E-state index is 0.0350. The topological polar surface area (TPSA) is 85.6 Å². The third kappa shape index (κ3) is 3.14. The number of fused-ring (bicyclic) bond motifs is 2. The van der Waals surface area contributed by atoms with Gasteiger partial charge in [0.1, 0.15) is 16.9 Å². The van der Waals surface area contributed by atoms with E-state index in [0.29, 0.717) is 10.9 Å². The number of nitrogens with zero attached hydrogens (tertiary/aromatic N) is 2. The second kappa shape index (κ2) is 7.51. The number of carbonyl (C=O) groups is 1. The molecule has 0 bridgehead atoms. The summed E-state index contributed by atoms with van der Waals surface area (Å²) in [5.74, 6) is 0.117. The lowest BCUT2D eigenvalue weighted by atomic mass is 10.1. The molecule has 4 aromatic rings. The predicted octanol–water partition coefficient (Wildman–Crippen LogP) is 3.16. The first kappa shape index (κ1) is 19.4. The lowest BCUT2D eigenvalue weighted by molar-refractivity contribution is -0.647. The molecule has 0 spiro atoms. The van der Waals surface area contributed by atoms with Crippen LogP contribution in [0.15, 0.2) is 51.7 Å². The van der Waals surface area contributed by atoms with Crippen LogP contribution in [0.3, 0.4) is 0 Å². The summed E-state index contributed by atoms with van der Waals surface area (Å²) in [6.07, 6.45) is 3.53. The quantitative estimate of drug-likeness (QED) is 0.320. The van der Waals surface area contributed by atoms with Crippen molar-refractivity contribution in [3.8, 4) is 5.75 Å². The molecule has 0 aliphatic carbocycles. The predicted molar refractivity (Wildman–Crippen MR) is 113 cm³/mol. The Bertz CT molecular complexity index is 1340. The van der Waals surface area contributed by atoms with Gasteiger partial charge in [-0.05, 0) is 43.3 Å². The molecule has 7 nitrogen and oxygen atoms in total. The van der Waals surface area contributed by atoms with Crippen LogP contribution in [0.2, 0.25) is 0 Å². The number of para-hydroxylation sites is 2. The number of ether oxygens (including phenoxy) is 1. The van der Waals surface area contributed by atoms with E-state index in [1.807, 2.05) is 53.6 Å². The van der Waals surface area contributed by atoms with Gasteiger partial charge in [0.2, 0.25) is 0 Å². The van der Waals surface area contributed by atoms with Crippen LogP contribution in [-0.2, 0) is 18.8 Å². The van der Waals surface area contributed by atoms with E-state index in [1.54, 1.807) is 19.1 Å². The van der Waals surface area contributed by atoms with E-state index in [1.165, 1.54) is 12.1 Å². The van der Waals surface area contributed by atoms with E-state index in [0.717, 1.165) is 16.9 Å². The van der Waals surface area contributed by atoms with Crippen LogP contribution in [0.1, 0.15) is 28.7 Å². The molecular formula is C23H21N2O5+. The number of phenols is 1. The molecule has 30 heavy (non-hydrogen) atoms. The molecule has 7 heteroatoms. The zero-order valence-electron chi connectivity index (χ0n) is 16.9. The Morgan fingerprint density at radius 1 is 1.23 bits per heavy atom. The zero-order chi connectivity index (χ0) is 21.4. The second-order valence-corrected chi connectivity index (χ2v) is 6.88. The molecule has 0 saturated carbocycles. The fraction of sp³-hybridized carbons (Fsp3) is 0.174. The first-order valence-electron chi connectivity index (χ1n) is 9.50. The molecular weight excluding hydrogens is 384 g/mol. The number of aryl methyl sites for hydroxylation is 2. The number of benzene rings is 2. The number of phenolic OH excluding ortho intramolecular Hbond substituents is 1. The number of aromatic nitrogens is 2. The SMILES string of the molecule is CCOC(=O)c1cc2ccc(O)c(/C=C/c3n(C)c4ccccc4[n+]3C)c2oc1=O. The number of carbonyl (C=O) groups excluding carboxylic acids is 1. The van der Waals surface area contributed by atoms with Crippen LogP contribution in [-0.4, -0.2) is 22.2 Å². The minimum atomic E-state index is -0.809. The van der Waals surface area contributed by atoms with Gasteiger partial charge in [-0.25, -0.2) is 18.7 Å². The molecule has 0 fully saturated rings. The van der Waals surface area contributed by atoms with Crippen LogP contribution >= 0.6 is 0 Å². The van der Waals surface area contributed by atoms with Gasteiger partial charge in [0.25, 0.3) is 5.82 Å². The smallest absolute Gasteiger partial charge is 0.351 e.